The first-order chi connectivity index (χ1) is 10.2. The van der Waals surface area contributed by atoms with Crippen LogP contribution >= 0.6 is 23.5 Å². The zero-order chi connectivity index (χ0) is 14.7. The minimum absolute atomic E-state index is 0.128. The topological polar surface area (TPSA) is 57.8 Å². The normalized spacial score (nSPS) is 15.9. The summed E-state index contributed by atoms with van der Waals surface area (Å²) in [7, 11) is 0. The fourth-order valence-electron chi connectivity index (χ4n) is 2.14. The number of aromatic nitrogens is 2. The Balaban J connectivity index is 1.67. The van der Waals surface area contributed by atoms with Crippen molar-refractivity contribution in [3.8, 4) is 0 Å². The summed E-state index contributed by atoms with van der Waals surface area (Å²) < 4.78 is 0.504. The number of hydrogen-bond acceptors (Lipinski definition) is 4. The number of thioether (sulfide) groups is 2. The third-order valence-corrected chi connectivity index (χ3v) is 6.23. The smallest absolute Gasteiger partial charge is 0.256 e. The molecule has 1 aliphatic heterocycles. The molecule has 3 rings (SSSR count). The van der Waals surface area contributed by atoms with Gasteiger partial charge in [0.1, 0.15) is 0 Å². The number of aromatic amines is 1. The van der Waals surface area contributed by atoms with E-state index in [1.807, 2.05) is 48.6 Å². The zero-order valence-electron chi connectivity index (χ0n) is 11.8. The molecule has 21 heavy (non-hydrogen) atoms. The molecule has 1 aromatic heterocycles. The fraction of sp³-hybridized carbons (Fsp3) is 0.333. The van der Waals surface area contributed by atoms with Crippen molar-refractivity contribution in [3.63, 3.8) is 0 Å². The van der Waals surface area contributed by atoms with Gasteiger partial charge in [0.2, 0.25) is 0 Å². The molecule has 110 valence electrons. The van der Waals surface area contributed by atoms with E-state index in [0.717, 1.165) is 5.69 Å². The molecular formula is C15H17N3OS2. The standard InChI is InChI=1S/C15H17N3OS2/c1-10-9-13(18-17-10)16-14(19)11-3-5-12(6-4-11)15-20-7-2-8-21-15/h3-6,9,15H,2,7-8H2,1H3,(H2,16,17,18,19). The number of H-pyrrole nitrogens is 1. The molecule has 2 N–H and O–H groups in total. The van der Waals surface area contributed by atoms with Crippen LogP contribution in [0, 0.1) is 6.92 Å². The monoisotopic (exact) mass is 319 g/mol. The SMILES string of the molecule is Cc1cc(NC(=O)c2ccc(C3SCCCS3)cc2)n[nH]1. The Kier molecular flexibility index (Phi) is 4.55. The van der Waals surface area contributed by atoms with E-state index < -0.39 is 0 Å². The molecule has 2 aromatic rings. The average Bonchev–Trinajstić information content (AvgIpc) is 2.93. The van der Waals surface area contributed by atoms with Gasteiger partial charge in [-0.15, -0.1) is 23.5 Å². The lowest BCUT2D eigenvalue weighted by Crippen LogP contribution is -2.12. The molecule has 0 spiro atoms. The van der Waals surface area contributed by atoms with Crippen LogP contribution in [0.1, 0.15) is 32.6 Å². The van der Waals surface area contributed by atoms with Crippen molar-refractivity contribution in [1.82, 2.24) is 10.2 Å². The Bertz CT molecular complexity index is 618. The van der Waals surface area contributed by atoms with E-state index in [1.54, 1.807) is 0 Å². The number of carbonyl (C=O) groups excluding carboxylic acids is 1. The van der Waals surface area contributed by atoms with Gasteiger partial charge in [-0.25, -0.2) is 0 Å². The second-order valence-electron chi connectivity index (χ2n) is 4.94. The number of anilines is 1. The van der Waals surface area contributed by atoms with Crippen LogP contribution in [-0.4, -0.2) is 27.6 Å². The van der Waals surface area contributed by atoms with Gasteiger partial charge in [0, 0.05) is 17.3 Å². The number of hydrogen-bond donors (Lipinski definition) is 2. The highest BCUT2D eigenvalue weighted by molar-refractivity contribution is 8.16. The third-order valence-electron chi connectivity index (χ3n) is 3.22. The van der Waals surface area contributed by atoms with Crippen molar-refractivity contribution in [2.24, 2.45) is 0 Å². The summed E-state index contributed by atoms with van der Waals surface area (Å²) in [5.74, 6) is 2.87. The van der Waals surface area contributed by atoms with Crippen LogP contribution in [0.4, 0.5) is 5.82 Å². The van der Waals surface area contributed by atoms with E-state index >= 15 is 0 Å². The van der Waals surface area contributed by atoms with Crippen LogP contribution in [0.15, 0.2) is 30.3 Å². The molecule has 1 fully saturated rings. The number of nitrogens with zero attached hydrogens (tertiary/aromatic N) is 1. The molecule has 6 heteroatoms. The van der Waals surface area contributed by atoms with Crippen molar-refractivity contribution >= 4 is 35.2 Å². The molecule has 1 aliphatic rings. The van der Waals surface area contributed by atoms with E-state index in [1.165, 1.54) is 23.5 Å². The number of aryl methyl sites for hydroxylation is 1. The molecule has 0 aliphatic carbocycles. The number of benzene rings is 1. The second-order valence-corrected chi connectivity index (χ2v) is 7.66. The molecule has 0 saturated carbocycles. The van der Waals surface area contributed by atoms with Crippen molar-refractivity contribution < 1.29 is 4.79 Å². The molecule has 0 bridgehead atoms. The predicted octanol–water partition coefficient (Wildman–Crippen LogP) is 3.84. The third kappa shape index (κ3) is 3.63. The highest BCUT2D eigenvalue weighted by Gasteiger charge is 2.17. The van der Waals surface area contributed by atoms with E-state index in [-0.39, 0.29) is 5.91 Å². The Morgan fingerprint density at radius 1 is 1.29 bits per heavy atom. The summed E-state index contributed by atoms with van der Waals surface area (Å²) in [4.78, 5) is 12.1. The molecule has 0 atom stereocenters. The van der Waals surface area contributed by atoms with Crippen LogP contribution in [0.3, 0.4) is 0 Å². The number of rotatable bonds is 3. The van der Waals surface area contributed by atoms with Crippen LogP contribution in [0.25, 0.3) is 0 Å². The molecule has 4 nitrogen and oxygen atoms in total. The van der Waals surface area contributed by atoms with Crippen molar-refractivity contribution in [2.45, 2.75) is 17.9 Å². The summed E-state index contributed by atoms with van der Waals surface area (Å²) in [6.07, 6.45) is 1.29. The highest BCUT2D eigenvalue weighted by Crippen LogP contribution is 2.43. The molecule has 1 aromatic carbocycles. The summed E-state index contributed by atoms with van der Waals surface area (Å²) in [5, 5.41) is 9.60. The van der Waals surface area contributed by atoms with Gasteiger partial charge in [-0.3, -0.25) is 9.89 Å². The molecule has 2 heterocycles. The highest BCUT2D eigenvalue weighted by atomic mass is 32.2. The predicted molar refractivity (Wildman–Crippen MR) is 90.0 cm³/mol. The molecule has 0 radical (unpaired) electrons. The lowest BCUT2D eigenvalue weighted by Gasteiger charge is -2.21. The molecule has 1 saturated heterocycles. The van der Waals surface area contributed by atoms with Gasteiger partial charge in [-0.05, 0) is 42.5 Å². The largest absolute Gasteiger partial charge is 0.305 e. The molecular weight excluding hydrogens is 302 g/mol. The average molecular weight is 319 g/mol. The van der Waals surface area contributed by atoms with E-state index in [4.69, 9.17) is 0 Å². The van der Waals surface area contributed by atoms with Crippen LogP contribution in [-0.2, 0) is 0 Å². The zero-order valence-corrected chi connectivity index (χ0v) is 13.4. The van der Waals surface area contributed by atoms with Crippen molar-refractivity contribution in [2.75, 3.05) is 16.8 Å². The van der Waals surface area contributed by atoms with E-state index in [9.17, 15) is 4.79 Å². The van der Waals surface area contributed by atoms with Gasteiger partial charge in [0.15, 0.2) is 5.82 Å². The van der Waals surface area contributed by atoms with Gasteiger partial charge in [-0.1, -0.05) is 12.1 Å². The maximum absolute atomic E-state index is 12.1. The second kappa shape index (κ2) is 6.58. The summed E-state index contributed by atoms with van der Waals surface area (Å²) in [5.41, 5.74) is 2.87. The Morgan fingerprint density at radius 2 is 2.00 bits per heavy atom. The van der Waals surface area contributed by atoms with Gasteiger partial charge >= 0.3 is 0 Å². The number of nitrogens with one attached hydrogen (secondary N) is 2. The number of carbonyl (C=O) groups is 1. The Labute approximate surface area is 132 Å². The van der Waals surface area contributed by atoms with E-state index in [0.29, 0.717) is 16.0 Å². The van der Waals surface area contributed by atoms with Gasteiger partial charge in [0.05, 0.1) is 4.58 Å². The Hall–Kier alpha value is -1.40. The first kappa shape index (κ1) is 14.5. The van der Waals surface area contributed by atoms with Gasteiger partial charge < -0.3 is 5.32 Å². The van der Waals surface area contributed by atoms with Crippen molar-refractivity contribution in [1.29, 1.82) is 0 Å². The van der Waals surface area contributed by atoms with Crippen LogP contribution < -0.4 is 5.32 Å². The maximum Gasteiger partial charge on any atom is 0.256 e. The minimum atomic E-state index is -0.128. The quantitative estimate of drug-likeness (QED) is 0.902. The summed E-state index contributed by atoms with van der Waals surface area (Å²) in [6.45, 7) is 1.90. The summed E-state index contributed by atoms with van der Waals surface area (Å²) >= 11 is 3.97. The van der Waals surface area contributed by atoms with Crippen molar-refractivity contribution in [3.05, 3.63) is 47.2 Å². The molecule has 1 amide bonds. The first-order valence-electron chi connectivity index (χ1n) is 6.89. The first-order valence-corrected chi connectivity index (χ1v) is 8.98. The maximum atomic E-state index is 12.1. The van der Waals surface area contributed by atoms with E-state index in [2.05, 4.69) is 27.6 Å². The lowest BCUT2D eigenvalue weighted by atomic mass is 10.1. The number of amides is 1. The Morgan fingerprint density at radius 3 is 2.62 bits per heavy atom. The van der Waals surface area contributed by atoms with Gasteiger partial charge in [0.25, 0.3) is 5.91 Å². The fourth-order valence-corrected chi connectivity index (χ4v) is 5.04. The minimum Gasteiger partial charge on any atom is -0.305 e. The van der Waals surface area contributed by atoms with Crippen LogP contribution in [0.2, 0.25) is 0 Å². The lowest BCUT2D eigenvalue weighted by molar-refractivity contribution is 0.102. The van der Waals surface area contributed by atoms with Gasteiger partial charge in [-0.2, -0.15) is 5.10 Å². The van der Waals surface area contributed by atoms with Crippen LogP contribution in [0.5, 0.6) is 0 Å². The molecule has 0 unspecified atom stereocenters. The summed E-state index contributed by atoms with van der Waals surface area (Å²) in [6, 6.07) is 9.70.